The lowest BCUT2D eigenvalue weighted by molar-refractivity contribution is -0.169. The maximum atomic E-state index is 12.8. The zero-order valence-electron chi connectivity index (χ0n) is 18.7. The van der Waals surface area contributed by atoms with Crippen molar-refractivity contribution in [2.75, 3.05) is 20.2 Å². The molecule has 0 saturated heterocycles. The van der Waals surface area contributed by atoms with Crippen LogP contribution in [0, 0.1) is 5.92 Å². The van der Waals surface area contributed by atoms with Gasteiger partial charge in [0.1, 0.15) is 11.7 Å². The molecule has 0 unspecified atom stereocenters. The summed E-state index contributed by atoms with van der Waals surface area (Å²) in [7, 11) is 1.19. The second-order valence-corrected chi connectivity index (χ2v) is 8.45. The Morgan fingerprint density at radius 3 is 2.55 bits per heavy atom. The van der Waals surface area contributed by atoms with Crippen molar-refractivity contribution in [2.24, 2.45) is 11.7 Å². The molecule has 2 atom stereocenters. The number of carbonyl (C=O) groups is 3. The van der Waals surface area contributed by atoms with E-state index in [1.165, 1.54) is 12.7 Å². The molecule has 0 aromatic heterocycles. The van der Waals surface area contributed by atoms with Crippen molar-refractivity contribution in [2.45, 2.75) is 51.9 Å². The minimum Gasteiger partial charge on any atom is -0.468 e. The predicted molar refractivity (Wildman–Crippen MR) is 116 cm³/mol. The van der Waals surface area contributed by atoms with E-state index in [2.05, 4.69) is 6.58 Å². The third kappa shape index (κ3) is 6.55. The first-order valence-corrected chi connectivity index (χ1v) is 10.3. The van der Waals surface area contributed by atoms with Gasteiger partial charge in [0.2, 0.25) is 0 Å². The highest BCUT2D eigenvalue weighted by Crippen LogP contribution is 2.25. The number of ether oxygens (including phenoxy) is 3. The van der Waals surface area contributed by atoms with E-state index in [-0.39, 0.29) is 13.0 Å². The SMILES string of the molecule is C=Cc1cccc2c1CN(C(=O)O[C@@H](CN)C[C@@H](C(=O)OC)C(=O)OC(C)(C)C)CC2. The van der Waals surface area contributed by atoms with Gasteiger partial charge in [-0.25, -0.2) is 4.79 Å². The molecule has 1 aromatic rings. The number of carbonyl (C=O) groups excluding carboxylic acids is 3. The Morgan fingerprint density at radius 1 is 1.26 bits per heavy atom. The highest BCUT2D eigenvalue weighted by Gasteiger charge is 2.36. The molecule has 0 spiro atoms. The fraction of sp³-hybridized carbons (Fsp3) is 0.522. The zero-order valence-corrected chi connectivity index (χ0v) is 18.7. The monoisotopic (exact) mass is 432 g/mol. The number of amides is 1. The Morgan fingerprint density at radius 2 is 1.97 bits per heavy atom. The standard InChI is InChI=1S/C23H32N2O6/c1-6-15-8-7-9-16-10-11-25(14-19(15)16)22(28)30-17(13-24)12-18(20(26)29-5)21(27)31-23(2,3)4/h6-9,17-18H,1,10-14,24H2,2-5H3/t17-,18+/m1/s1. The van der Waals surface area contributed by atoms with Crippen LogP contribution in [0.4, 0.5) is 4.79 Å². The largest absolute Gasteiger partial charge is 0.468 e. The number of hydrogen-bond donors (Lipinski definition) is 1. The molecule has 1 aromatic carbocycles. The van der Waals surface area contributed by atoms with Crippen molar-refractivity contribution in [3.05, 3.63) is 41.5 Å². The fourth-order valence-electron chi connectivity index (χ4n) is 3.43. The van der Waals surface area contributed by atoms with Crippen LogP contribution in [0.5, 0.6) is 0 Å². The van der Waals surface area contributed by atoms with E-state index in [1.54, 1.807) is 31.7 Å². The number of rotatable bonds is 7. The number of methoxy groups -OCH3 is 1. The summed E-state index contributed by atoms with van der Waals surface area (Å²) in [5.74, 6) is -2.73. The normalized spacial score (nSPS) is 15.3. The van der Waals surface area contributed by atoms with Crippen LogP contribution in [-0.2, 0) is 36.8 Å². The lowest BCUT2D eigenvalue weighted by Crippen LogP contribution is -2.42. The molecule has 1 aliphatic rings. The summed E-state index contributed by atoms with van der Waals surface area (Å²) in [6.07, 6.45) is 0.944. The number of nitrogens with zero attached hydrogens (tertiary/aromatic N) is 1. The summed E-state index contributed by atoms with van der Waals surface area (Å²) < 4.78 is 15.6. The van der Waals surface area contributed by atoms with Crippen LogP contribution in [-0.4, -0.2) is 54.8 Å². The number of benzene rings is 1. The van der Waals surface area contributed by atoms with E-state index in [0.29, 0.717) is 19.5 Å². The molecule has 0 saturated carbocycles. The first kappa shape index (κ1) is 24.4. The molecule has 170 valence electrons. The van der Waals surface area contributed by atoms with Gasteiger partial charge in [-0.05, 0) is 43.9 Å². The second kappa shape index (κ2) is 10.4. The first-order valence-electron chi connectivity index (χ1n) is 10.3. The van der Waals surface area contributed by atoms with Crippen LogP contribution in [0.25, 0.3) is 6.08 Å². The van der Waals surface area contributed by atoms with Crippen molar-refractivity contribution in [3.8, 4) is 0 Å². The molecule has 2 N–H and O–H groups in total. The van der Waals surface area contributed by atoms with Gasteiger partial charge in [0.15, 0.2) is 5.92 Å². The van der Waals surface area contributed by atoms with Gasteiger partial charge in [-0.1, -0.05) is 30.9 Å². The van der Waals surface area contributed by atoms with Crippen molar-refractivity contribution < 1.29 is 28.6 Å². The molecule has 8 heteroatoms. The quantitative estimate of drug-likeness (QED) is 0.401. The van der Waals surface area contributed by atoms with Crippen LogP contribution < -0.4 is 5.73 Å². The molecule has 0 aliphatic carbocycles. The molecule has 1 aliphatic heterocycles. The van der Waals surface area contributed by atoms with E-state index >= 15 is 0 Å². The number of esters is 2. The smallest absolute Gasteiger partial charge is 0.410 e. The van der Waals surface area contributed by atoms with Gasteiger partial charge in [-0.3, -0.25) is 9.59 Å². The van der Waals surface area contributed by atoms with Gasteiger partial charge >= 0.3 is 18.0 Å². The van der Waals surface area contributed by atoms with E-state index < -0.39 is 35.7 Å². The van der Waals surface area contributed by atoms with Crippen molar-refractivity contribution in [1.29, 1.82) is 0 Å². The van der Waals surface area contributed by atoms with E-state index in [4.69, 9.17) is 19.9 Å². The highest BCUT2D eigenvalue weighted by molar-refractivity contribution is 5.95. The molecule has 0 radical (unpaired) electrons. The fourth-order valence-corrected chi connectivity index (χ4v) is 3.43. The number of fused-ring (bicyclic) bond motifs is 1. The summed E-state index contributed by atoms with van der Waals surface area (Å²) in [5, 5.41) is 0. The lowest BCUT2D eigenvalue weighted by Gasteiger charge is -2.31. The number of hydrogen-bond acceptors (Lipinski definition) is 7. The molecule has 1 heterocycles. The predicted octanol–water partition coefficient (Wildman–Crippen LogP) is 2.67. The first-order chi connectivity index (χ1) is 14.6. The van der Waals surface area contributed by atoms with Gasteiger partial charge < -0.3 is 24.8 Å². The molecule has 0 bridgehead atoms. The Balaban J connectivity index is 2.08. The summed E-state index contributed by atoms with van der Waals surface area (Å²) in [6.45, 7) is 9.76. The summed E-state index contributed by atoms with van der Waals surface area (Å²) in [6, 6.07) is 5.96. The third-order valence-corrected chi connectivity index (χ3v) is 4.99. The van der Waals surface area contributed by atoms with Gasteiger partial charge in [0, 0.05) is 26.1 Å². The molecular weight excluding hydrogens is 400 g/mol. The average Bonchev–Trinajstić information content (AvgIpc) is 2.73. The van der Waals surface area contributed by atoms with E-state index in [9.17, 15) is 14.4 Å². The minimum absolute atomic E-state index is 0.0512. The van der Waals surface area contributed by atoms with Crippen molar-refractivity contribution in [3.63, 3.8) is 0 Å². The lowest BCUT2D eigenvalue weighted by atomic mass is 9.95. The van der Waals surface area contributed by atoms with E-state index in [0.717, 1.165) is 11.1 Å². The molecule has 2 rings (SSSR count). The Kier molecular flexibility index (Phi) is 8.21. The Bertz CT molecular complexity index is 830. The molecular formula is C23H32N2O6. The van der Waals surface area contributed by atoms with Crippen molar-refractivity contribution >= 4 is 24.1 Å². The topological polar surface area (TPSA) is 108 Å². The Hall–Kier alpha value is -2.87. The van der Waals surface area contributed by atoms with Crippen molar-refractivity contribution in [1.82, 2.24) is 4.90 Å². The van der Waals surface area contributed by atoms with Gasteiger partial charge in [-0.2, -0.15) is 0 Å². The summed E-state index contributed by atoms with van der Waals surface area (Å²) in [5.41, 5.74) is 8.18. The highest BCUT2D eigenvalue weighted by atomic mass is 16.6. The van der Waals surface area contributed by atoms with Gasteiger partial charge in [0.05, 0.1) is 7.11 Å². The second-order valence-electron chi connectivity index (χ2n) is 8.45. The maximum Gasteiger partial charge on any atom is 0.410 e. The van der Waals surface area contributed by atoms with Crippen LogP contribution in [0.1, 0.15) is 43.9 Å². The molecule has 8 nitrogen and oxygen atoms in total. The number of nitrogens with two attached hydrogens (primary N) is 1. The van der Waals surface area contributed by atoms with Crippen LogP contribution in [0.3, 0.4) is 0 Å². The van der Waals surface area contributed by atoms with Crippen LogP contribution in [0.15, 0.2) is 24.8 Å². The van der Waals surface area contributed by atoms with Crippen LogP contribution in [0.2, 0.25) is 0 Å². The van der Waals surface area contributed by atoms with E-state index in [1.807, 2.05) is 18.2 Å². The maximum absolute atomic E-state index is 12.8. The molecule has 1 amide bonds. The zero-order chi connectivity index (χ0) is 23.2. The van der Waals surface area contributed by atoms with Gasteiger partial charge in [-0.15, -0.1) is 0 Å². The summed E-state index contributed by atoms with van der Waals surface area (Å²) in [4.78, 5) is 39.0. The third-order valence-electron chi connectivity index (χ3n) is 4.99. The molecule has 0 fully saturated rings. The Labute approximate surface area is 183 Å². The van der Waals surface area contributed by atoms with Gasteiger partial charge in [0.25, 0.3) is 0 Å². The summed E-state index contributed by atoms with van der Waals surface area (Å²) >= 11 is 0. The van der Waals surface area contributed by atoms with Crippen LogP contribution >= 0.6 is 0 Å². The average molecular weight is 433 g/mol. The minimum atomic E-state index is -1.24. The molecule has 31 heavy (non-hydrogen) atoms.